The van der Waals surface area contributed by atoms with Crippen LogP contribution in [0.5, 0.6) is 0 Å². The number of aromatic nitrogens is 1. The summed E-state index contributed by atoms with van der Waals surface area (Å²) < 4.78 is 3.32. The molecule has 0 aliphatic heterocycles. The summed E-state index contributed by atoms with van der Waals surface area (Å²) in [5, 5.41) is 14.3. The topological polar surface area (TPSA) is 42.2 Å². The third-order valence-electron chi connectivity index (χ3n) is 4.42. The second kappa shape index (κ2) is 6.25. The largest absolute Gasteiger partial charge is 0.481 e. The van der Waals surface area contributed by atoms with Gasteiger partial charge in [-0.3, -0.25) is 4.79 Å². The molecule has 6 heteroatoms. The zero-order chi connectivity index (χ0) is 17.6. The molecule has 2 aromatic heterocycles. The number of hydrogen-bond acceptors (Lipinski definition) is 2. The second-order valence-corrected chi connectivity index (χ2v) is 7.62. The van der Waals surface area contributed by atoms with E-state index in [1.807, 2.05) is 30.5 Å². The number of benzene rings is 2. The molecule has 0 saturated carbocycles. The Labute approximate surface area is 154 Å². The second-order valence-electron chi connectivity index (χ2n) is 6.27. The third kappa shape index (κ3) is 3.05. The molecule has 1 N–H and O–H groups in total. The Morgan fingerprint density at radius 1 is 1.16 bits per heavy atom. The van der Waals surface area contributed by atoms with E-state index in [-0.39, 0.29) is 6.42 Å². The van der Waals surface area contributed by atoms with Gasteiger partial charge in [0.05, 0.1) is 6.42 Å². The van der Waals surface area contributed by atoms with E-state index >= 15 is 0 Å². The lowest BCUT2D eigenvalue weighted by molar-refractivity contribution is -0.136. The van der Waals surface area contributed by atoms with Gasteiger partial charge in [-0.1, -0.05) is 35.3 Å². The fourth-order valence-corrected chi connectivity index (χ4v) is 4.50. The molecule has 0 amide bonds. The Hall–Kier alpha value is -2.24. The molecule has 124 valence electrons. The van der Waals surface area contributed by atoms with Crippen LogP contribution in [0.15, 0.2) is 48.0 Å². The molecule has 0 spiro atoms. The summed E-state index contributed by atoms with van der Waals surface area (Å²) in [6.45, 7) is 0.710. The van der Waals surface area contributed by atoms with Crippen molar-refractivity contribution in [2.75, 3.05) is 0 Å². The van der Waals surface area contributed by atoms with E-state index in [0.717, 1.165) is 27.0 Å². The van der Waals surface area contributed by atoms with Crippen molar-refractivity contribution < 1.29 is 9.90 Å². The van der Waals surface area contributed by atoms with Crippen LogP contribution in [0, 0.1) is 0 Å². The van der Waals surface area contributed by atoms with Gasteiger partial charge in [0.1, 0.15) is 7.85 Å². The van der Waals surface area contributed by atoms with Gasteiger partial charge in [0.25, 0.3) is 0 Å². The van der Waals surface area contributed by atoms with Crippen LogP contribution in [0.25, 0.3) is 21.0 Å². The highest BCUT2D eigenvalue weighted by atomic mass is 35.5. The minimum Gasteiger partial charge on any atom is -0.481 e. The molecule has 25 heavy (non-hydrogen) atoms. The van der Waals surface area contributed by atoms with Gasteiger partial charge < -0.3 is 9.67 Å². The van der Waals surface area contributed by atoms with Crippen molar-refractivity contribution in [2.45, 2.75) is 13.0 Å². The number of fused-ring (bicyclic) bond motifs is 2. The lowest BCUT2D eigenvalue weighted by atomic mass is 9.94. The highest BCUT2D eigenvalue weighted by Crippen LogP contribution is 2.30. The molecule has 0 atom stereocenters. The maximum Gasteiger partial charge on any atom is 0.307 e. The number of rotatable bonds is 4. The standard InChI is InChI=1S/C19H15BClNO2S/c20-13-1-3-15-11(5-19(23)24)8-22(17(15)6-13)9-12-10-25-18-7-14(21)2-4-16(12)18/h1-4,6-8,10H,5,9,20H2,(H,23,24). The molecular weight excluding hydrogens is 353 g/mol. The molecule has 0 radical (unpaired) electrons. The van der Waals surface area contributed by atoms with Gasteiger partial charge in [0.15, 0.2) is 0 Å². The molecule has 0 fully saturated rings. The van der Waals surface area contributed by atoms with Crippen LogP contribution in [0.1, 0.15) is 11.1 Å². The highest BCUT2D eigenvalue weighted by molar-refractivity contribution is 7.17. The maximum absolute atomic E-state index is 11.2. The minimum atomic E-state index is -0.810. The zero-order valence-corrected chi connectivity index (χ0v) is 15.2. The molecule has 0 aliphatic rings. The Kier molecular flexibility index (Phi) is 4.06. The fraction of sp³-hybridized carbons (Fsp3) is 0.105. The van der Waals surface area contributed by atoms with Crippen LogP contribution in [0.4, 0.5) is 0 Å². The Balaban J connectivity index is 1.82. The van der Waals surface area contributed by atoms with E-state index in [1.165, 1.54) is 15.6 Å². The van der Waals surface area contributed by atoms with Gasteiger partial charge in [-0.05, 0) is 40.1 Å². The fourth-order valence-electron chi connectivity index (χ4n) is 3.28. The van der Waals surface area contributed by atoms with E-state index < -0.39 is 5.97 Å². The molecular formula is C19H15BClNO2S. The Bertz CT molecular complexity index is 1120. The quantitative estimate of drug-likeness (QED) is 0.561. The van der Waals surface area contributed by atoms with E-state index in [2.05, 4.69) is 29.9 Å². The van der Waals surface area contributed by atoms with Crippen molar-refractivity contribution in [1.82, 2.24) is 4.57 Å². The molecule has 2 heterocycles. The van der Waals surface area contributed by atoms with Crippen LogP contribution in [-0.4, -0.2) is 23.5 Å². The first kappa shape index (κ1) is 16.2. The third-order valence-corrected chi connectivity index (χ3v) is 5.65. The summed E-state index contributed by atoms with van der Waals surface area (Å²) in [4.78, 5) is 11.2. The van der Waals surface area contributed by atoms with Gasteiger partial charge in [-0.2, -0.15) is 0 Å². The summed E-state index contributed by atoms with van der Waals surface area (Å²) in [6.07, 6.45) is 2.00. The number of aliphatic carboxylic acids is 1. The first-order valence-electron chi connectivity index (χ1n) is 7.97. The van der Waals surface area contributed by atoms with Gasteiger partial charge in [0.2, 0.25) is 0 Å². The predicted molar refractivity (Wildman–Crippen MR) is 107 cm³/mol. The van der Waals surface area contributed by atoms with E-state index in [1.54, 1.807) is 11.3 Å². The normalized spacial score (nSPS) is 11.4. The molecule has 4 rings (SSSR count). The number of carboxylic acid groups (broad SMARTS) is 1. The van der Waals surface area contributed by atoms with E-state index in [9.17, 15) is 9.90 Å². The van der Waals surface area contributed by atoms with Crippen molar-refractivity contribution >= 4 is 63.2 Å². The number of carbonyl (C=O) groups is 1. The molecule has 0 saturated heterocycles. The number of carboxylic acids is 1. The number of halogens is 1. The summed E-state index contributed by atoms with van der Waals surface area (Å²) in [5.41, 5.74) is 4.31. The molecule has 2 aromatic carbocycles. The first-order chi connectivity index (χ1) is 12.0. The van der Waals surface area contributed by atoms with Crippen LogP contribution in [0.2, 0.25) is 5.02 Å². The van der Waals surface area contributed by atoms with Crippen molar-refractivity contribution in [2.24, 2.45) is 0 Å². The van der Waals surface area contributed by atoms with Crippen molar-refractivity contribution in [3.63, 3.8) is 0 Å². The van der Waals surface area contributed by atoms with Crippen molar-refractivity contribution in [3.05, 3.63) is 64.1 Å². The summed E-state index contributed by atoms with van der Waals surface area (Å²) in [5.74, 6) is -0.810. The minimum absolute atomic E-state index is 0.0343. The van der Waals surface area contributed by atoms with Crippen molar-refractivity contribution in [3.8, 4) is 0 Å². The van der Waals surface area contributed by atoms with Crippen LogP contribution >= 0.6 is 22.9 Å². The van der Waals surface area contributed by atoms with Gasteiger partial charge in [-0.25, -0.2) is 0 Å². The molecule has 0 aliphatic carbocycles. The zero-order valence-electron chi connectivity index (χ0n) is 13.6. The first-order valence-corrected chi connectivity index (χ1v) is 9.23. The monoisotopic (exact) mass is 367 g/mol. The van der Waals surface area contributed by atoms with Crippen LogP contribution in [-0.2, 0) is 17.8 Å². The SMILES string of the molecule is Bc1ccc2c(CC(=O)O)cn(Cc3csc4cc(Cl)ccc34)c2c1. The average molecular weight is 368 g/mol. The van der Waals surface area contributed by atoms with Gasteiger partial charge in [0, 0.05) is 33.4 Å². The predicted octanol–water partition coefficient (Wildman–Crippen LogP) is 3.44. The van der Waals surface area contributed by atoms with Crippen molar-refractivity contribution in [1.29, 1.82) is 0 Å². The lowest BCUT2D eigenvalue weighted by Gasteiger charge is -2.06. The number of thiophene rings is 1. The summed E-state index contributed by atoms with van der Waals surface area (Å²) in [6, 6.07) is 12.1. The molecule has 0 bridgehead atoms. The smallest absolute Gasteiger partial charge is 0.307 e. The summed E-state index contributed by atoms with van der Waals surface area (Å²) in [7, 11) is 2.05. The summed E-state index contributed by atoms with van der Waals surface area (Å²) >= 11 is 7.76. The van der Waals surface area contributed by atoms with E-state index in [4.69, 9.17) is 11.6 Å². The average Bonchev–Trinajstić information content (AvgIpc) is 3.09. The number of nitrogens with zero attached hydrogens (tertiary/aromatic N) is 1. The highest BCUT2D eigenvalue weighted by Gasteiger charge is 2.13. The molecule has 4 aromatic rings. The van der Waals surface area contributed by atoms with E-state index in [0.29, 0.717) is 6.54 Å². The Morgan fingerprint density at radius 2 is 1.96 bits per heavy atom. The van der Waals surface area contributed by atoms with Gasteiger partial charge in [-0.15, -0.1) is 11.3 Å². The maximum atomic E-state index is 11.2. The Morgan fingerprint density at radius 3 is 2.76 bits per heavy atom. The van der Waals surface area contributed by atoms with Gasteiger partial charge >= 0.3 is 5.97 Å². The van der Waals surface area contributed by atoms with Crippen LogP contribution < -0.4 is 5.46 Å². The molecule has 0 unspecified atom stereocenters. The molecule has 3 nitrogen and oxygen atoms in total. The lowest BCUT2D eigenvalue weighted by Crippen LogP contribution is -2.03. The number of hydrogen-bond donors (Lipinski definition) is 1. The van der Waals surface area contributed by atoms with Crippen LogP contribution in [0.3, 0.4) is 0 Å².